The predicted molar refractivity (Wildman–Crippen MR) is 80.5 cm³/mol. The van der Waals surface area contributed by atoms with Gasteiger partial charge in [0.05, 0.1) is 6.10 Å². The Balaban J connectivity index is 1.86. The number of hydrogen-bond acceptors (Lipinski definition) is 2. The molecule has 1 aliphatic carbocycles. The SMILES string of the molecule is CC(C)Oc1ccc(CNC2CCCC2(C)C)cc1. The first-order chi connectivity index (χ1) is 8.97. The Morgan fingerprint density at radius 1 is 1.26 bits per heavy atom. The highest BCUT2D eigenvalue weighted by Crippen LogP contribution is 2.37. The van der Waals surface area contributed by atoms with Crippen LogP contribution in [0.5, 0.6) is 5.75 Å². The molecule has 0 aromatic heterocycles. The molecule has 1 aromatic carbocycles. The first-order valence-electron chi connectivity index (χ1n) is 7.46. The van der Waals surface area contributed by atoms with Crippen LogP contribution < -0.4 is 10.1 Å². The Morgan fingerprint density at radius 2 is 1.95 bits per heavy atom. The van der Waals surface area contributed by atoms with Gasteiger partial charge in [0.2, 0.25) is 0 Å². The van der Waals surface area contributed by atoms with Crippen LogP contribution in [-0.2, 0) is 6.54 Å². The van der Waals surface area contributed by atoms with Gasteiger partial charge in [0.25, 0.3) is 0 Å². The summed E-state index contributed by atoms with van der Waals surface area (Å²) in [6, 6.07) is 9.10. The highest BCUT2D eigenvalue weighted by atomic mass is 16.5. The highest BCUT2D eigenvalue weighted by molar-refractivity contribution is 5.27. The highest BCUT2D eigenvalue weighted by Gasteiger charge is 2.33. The van der Waals surface area contributed by atoms with E-state index >= 15 is 0 Å². The molecule has 1 saturated carbocycles. The smallest absolute Gasteiger partial charge is 0.119 e. The van der Waals surface area contributed by atoms with Gasteiger partial charge >= 0.3 is 0 Å². The molecule has 2 nitrogen and oxygen atoms in total. The number of rotatable bonds is 5. The topological polar surface area (TPSA) is 21.3 Å². The maximum Gasteiger partial charge on any atom is 0.119 e. The van der Waals surface area contributed by atoms with Gasteiger partial charge in [0, 0.05) is 12.6 Å². The maximum absolute atomic E-state index is 5.66. The van der Waals surface area contributed by atoms with Crippen LogP contribution in [0.3, 0.4) is 0 Å². The van der Waals surface area contributed by atoms with Crippen molar-refractivity contribution in [2.75, 3.05) is 0 Å². The van der Waals surface area contributed by atoms with E-state index in [0.29, 0.717) is 11.5 Å². The van der Waals surface area contributed by atoms with Crippen molar-refractivity contribution in [3.63, 3.8) is 0 Å². The molecule has 1 N–H and O–H groups in total. The van der Waals surface area contributed by atoms with E-state index < -0.39 is 0 Å². The van der Waals surface area contributed by atoms with Crippen molar-refractivity contribution in [2.45, 2.75) is 65.6 Å². The number of nitrogens with one attached hydrogen (secondary N) is 1. The van der Waals surface area contributed by atoms with Gasteiger partial charge in [-0.25, -0.2) is 0 Å². The summed E-state index contributed by atoms with van der Waals surface area (Å²) in [6.45, 7) is 9.81. The summed E-state index contributed by atoms with van der Waals surface area (Å²) < 4.78 is 5.66. The van der Waals surface area contributed by atoms with E-state index in [2.05, 4.69) is 57.3 Å². The van der Waals surface area contributed by atoms with Crippen molar-refractivity contribution in [3.05, 3.63) is 29.8 Å². The van der Waals surface area contributed by atoms with Crippen molar-refractivity contribution in [1.82, 2.24) is 5.32 Å². The van der Waals surface area contributed by atoms with Crippen LogP contribution in [0.15, 0.2) is 24.3 Å². The second-order valence-corrected chi connectivity index (χ2v) is 6.62. The maximum atomic E-state index is 5.66. The van der Waals surface area contributed by atoms with Crippen molar-refractivity contribution >= 4 is 0 Å². The van der Waals surface area contributed by atoms with E-state index in [-0.39, 0.29) is 6.10 Å². The zero-order chi connectivity index (χ0) is 13.9. The summed E-state index contributed by atoms with van der Waals surface area (Å²) in [4.78, 5) is 0. The third kappa shape index (κ3) is 3.97. The lowest BCUT2D eigenvalue weighted by Crippen LogP contribution is -2.37. The molecule has 1 atom stereocenters. The monoisotopic (exact) mass is 261 g/mol. The molecule has 1 unspecified atom stereocenters. The lowest BCUT2D eigenvalue weighted by atomic mass is 9.87. The van der Waals surface area contributed by atoms with E-state index in [1.165, 1.54) is 24.8 Å². The standard InChI is InChI=1S/C17H27NO/c1-13(2)19-15-9-7-14(8-10-15)12-18-16-6-5-11-17(16,3)4/h7-10,13,16,18H,5-6,11-12H2,1-4H3. The quantitative estimate of drug-likeness (QED) is 0.860. The molecular formula is C17H27NO. The summed E-state index contributed by atoms with van der Waals surface area (Å²) in [6.07, 6.45) is 4.24. The third-order valence-corrected chi connectivity index (χ3v) is 4.10. The van der Waals surface area contributed by atoms with Crippen molar-refractivity contribution < 1.29 is 4.74 Å². The van der Waals surface area contributed by atoms with Crippen molar-refractivity contribution in [1.29, 1.82) is 0 Å². The molecule has 0 aliphatic heterocycles. The normalized spacial score (nSPS) is 21.8. The molecule has 2 rings (SSSR count). The predicted octanol–water partition coefficient (Wildman–Crippen LogP) is 4.14. The molecule has 2 heteroatoms. The first-order valence-corrected chi connectivity index (χ1v) is 7.46. The van der Waals surface area contributed by atoms with Crippen LogP contribution in [0, 0.1) is 5.41 Å². The van der Waals surface area contributed by atoms with Gasteiger partial charge in [-0.2, -0.15) is 0 Å². The first kappa shape index (κ1) is 14.4. The van der Waals surface area contributed by atoms with Gasteiger partial charge in [0.1, 0.15) is 5.75 Å². The van der Waals surface area contributed by atoms with Gasteiger partial charge in [-0.1, -0.05) is 32.4 Å². The minimum atomic E-state index is 0.239. The largest absolute Gasteiger partial charge is 0.491 e. The number of ether oxygens (including phenoxy) is 1. The van der Waals surface area contributed by atoms with Crippen LogP contribution in [-0.4, -0.2) is 12.1 Å². The zero-order valence-electron chi connectivity index (χ0n) is 12.7. The second kappa shape index (κ2) is 5.96. The number of benzene rings is 1. The average molecular weight is 261 g/mol. The lowest BCUT2D eigenvalue weighted by molar-refractivity contribution is 0.242. The molecule has 1 aromatic rings. The molecule has 0 saturated heterocycles. The van der Waals surface area contributed by atoms with Gasteiger partial charge in [0.15, 0.2) is 0 Å². The Kier molecular flexibility index (Phi) is 4.51. The van der Waals surface area contributed by atoms with Crippen LogP contribution in [0.4, 0.5) is 0 Å². The molecule has 19 heavy (non-hydrogen) atoms. The van der Waals surface area contributed by atoms with E-state index in [1.807, 2.05) is 0 Å². The fraction of sp³-hybridized carbons (Fsp3) is 0.647. The fourth-order valence-electron chi connectivity index (χ4n) is 2.90. The molecule has 1 fully saturated rings. The van der Waals surface area contributed by atoms with E-state index in [9.17, 15) is 0 Å². The van der Waals surface area contributed by atoms with Crippen molar-refractivity contribution in [2.24, 2.45) is 5.41 Å². The lowest BCUT2D eigenvalue weighted by Gasteiger charge is -2.28. The third-order valence-electron chi connectivity index (χ3n) is 4.10. The van der Waals surface area contributed by atoms with E-state index in [1.54, 1.807) is 0 Å². The summed E-state index contributed by atoms with van der Waals surface area (Å²) >= 11 is 0. The Morgan fingerprint density at radius 3 is 2.47 bits per heavy atom. The van der Waals surface area contributed by atoms with Crippen LogP contribution in [0.25, 0.3) is 0 Å². The Bertz CT molecular complexity index is 394. The van der Waals surface area contributed by atoms with Crippen LogP contribution in [0.2, 0.25) is 0 Å². The summed E-state index contributed by atoms with van der Waals surface area (Å²) in [5.41, 5.74) is 1.78. The molecule has 0 heterocycles. The van der Waals surface area contributed by atoms with Gasteiger partial charge in [-0.3, -0.25) is 0 Å². The van der Waals surface area contributed by atoms with Gasteiger partial charge in [-0.15, -0.1) is 0 Å². The minimum Gasteiger partial charge on any atom is -0.491 e. The Hall–Kier alpha value is -1.02. The second-order valence-electron chi connectivity index (χ2n) is 6.62. The molecule has 0 amide bonds. The summed E-state index contributed by atoms with van der Waals surface area (Å²) in [7, 11) is 0. The van der Waals surface area contributed by atoms with E-state index in [0.717, 1.165) is 12.3 Å². The molecular weight excluding hydrogens is 234 g/mol. The minimum absolute atomic E-state index is 0.239. The molecule has 0 spiro atoms. The average Bonchev–Trinajstić information content (AvgIpc) is 2.67. The molecule has 1 aliphatic rings. The van der Waals surface area contributed by atoms with Crippen LogP contribution >= 0.6 is 0 Å². The molecule has 0 radical (unpaired) electrons. The molecule has 106 valence electrons. The van der Waals surface area contributed by atoms with Gasteiger partial charge < -0.3 is 10.1 Å². The number of hydrogen-bond donors (Lipinski definition) is 1. The Labute approximate surface area is 117 Å². The molecule has 0 bridgehead atoms. The zero-order valence-corrected chi connectivity index (χ0v) is 12.7. The summed E-state index contributed by atoms with van der Waals surface area (Å²) in [5.74, 6) is 0.958. The van der Waals surface area contributed by atoms with Crippen molar-refractivity contribution in [3.8, 4) is 5.75 Å². The summed E-state index contributed by atoms with van der Waals surface area (Å²) in [5, 5.41) is 3.71. The fourth-order valence-corrected chi connectivity index (χ4v) is 2.90. The van der Waals surface area contributed by atoms with E-state index in [4.69, 9.17) is 4.74 Å². The van der Waals surface area contributed by atoms with Crippen LogP contribution in [0.1, 0.15) is 52.5 Å². The van der Waals surface area contributed by atoms with Gasteiger partial charge in [-0.05, 0) is 49.8 Å².